The van der Waals surface area contributed by atoms with Gasteiger partial charge in [-0.2, -0.15) is 13.2 Å². The number of carbonyl (C=O) groups is 2. The van der Waals surface area contributed by atoms with Gasteiger partial charge in [-0.25, -0.2) is 4.79 Å². The van der Waals surface area contributed by atoms with E-state index in [1.54, 1.807) is 6.92 Å². The Labute approximate surface area is 103 Å². The molecule has 0 bridgehead atoms. The van der Waals surface area contributed by atoms with Crippen molar-refractivity contribution in [2.24, 2.45) is 5.92 Å². The second-order valence-electron chi connectivity index (χ2n) is 4.56. The van der Waals surface area contributed by atoms with Gasteiger partial charge in [0.1, 0.15) is 5.54 Å². The summed E-state index contributed by atoms with van der Waals surface area (Å²) >= 11 is 0. The zero-order valence-electron chi connectivity index (χ0n) is 10.0. The first-order valence-corrected chi connectivity index (χ1v) is 5.80. The number of amides is 1. The van der Waals surface area contributed by atoms with Gasteiger partial charge < -0.3 is 10.0 Å². The van der Waals surface area contributed by atoms with Crippen LogP contribution >= 0.6 is 0 Å². The number of alkyl halides is 3. The fraction of sp³-hybridized carbons (Fsp3) is 0.818. The van der Waals surface area contributed by atoms with Gasteiger partial charge in [0.2, 0.25) is 6.41 Å². The third kappa shape index (κ3) is 2.59. The molecule has 2 unspecified atom stereocenters. The Balaban J connectivity index is 3.05. The molecule has 0 saturated heterocycles. The van der Waals surface area contributed by atoms with E-state index < -0.39 is 30.0 Å². The minimum absolute atomic E-state index is 0.0709. The highest BCUT2D eigenvalue weighted by molar-refractivity contribution is 5.81. The molecule has 0 heterocycles. The van der Waals surface area contributed by atoms with E-state index in [0.29, 0.717) is 6.41 Å². The molecule has 7 heteroatoms. The second kappa shape index (κ2) is 5.16. The number of hydrogen-bond donors (Lipinski definition) is 1. The van der Waals surface area contributed by atoms with Crippen LogP contribution in [0.5, 0.6) is 0 Å². The van der Waals surface area contributed by atoms with E-state index in [1.807, 2.05) is 0 Å². The molecule has 1 amide bonds. The summed E-state index contributed by atoms with van der Waals surface area (Å²) in [6.45, 7) is 1.64. The topological polar surface area (TPSA) is 57.6 Å². The largest absolute Gasteiger partial charge is 0.479 e. The van der Waals surface area contributed by atoms with Crippen molar-refractivity contribution in [2.75, 3.05) is 6.54 Å². The van der Waals surface area contributed by atoms with E-state index >= 15 is 0 Å². The molecule has 1 aliphatic carbocycles. The smallest absolute Gasteiger partial charge is 0.391 e. The SMILES string of the molecule is CCN(C=O)C1(C(=O)O)CCCC(C(F)(F)F)C1. The molecule has 4 nitrogen and oxygen atoms in total. The summed E-state index contributed by atoms with van der Waals surface area (Å²) in [6, 6.07) is 0. The molecule has 1 aliphatic rings. The predicted octanol–water partition coefficient (Wildman–Crippen LogP) is 2.04. The van der Waals surface area contributed by atoms with Crippen molar-refractivity contribution in [3.05, 3.63) is 0 Å². The molecule has 0 radical (unpaired) electrons. The lowest BCUT2D eigenvalue weighted by atomic mass is 9.74. The molecule has 0 spiro atoms. The third-order valence-electron chi connectivity index (χ3n) is 3.61. The molecule has 0 aliphatic heterocycles. The molecule has 1 N–H and O–H groups in total. The zero-order chi connectivity index (χ0) is 14.0. The lowest BCUT2D eigenvalue weighted by molar-refractivity contribution is -0.198. The number of carboxylic acids is 1. The summed E-state index contributed by atoms with van der Waals surface area (Å²) in [7, 11) is 0. The second-order valence-corrected chi connectivity index (χ2v) is 4.56. The van der Waals surface area contributed by atoms with E-state index in [0.717, 1.165) is 4.90 Å². The number of halogens is 3. The molecule has 18 heavy (non-hydrogen) atoms. The lowest BCUT2D eigenvalue weighted by Crippen LogP contribution is -2.57. The van der Waals surface area contributed by atoms with E-state index in [-0.39, 0.29) is 25.8 Å². The zero-order valence-corrected chi connectivity index (χ0v) is 10.0. The Bertz CT molecular complexity index is 332. The van der Waals surface area contributed by atoms with Crippen LogP contribution in [0, 0.1) is 5.92 Å². The molecule has 1 fully saturated rings. The van der Waals surface area contributed by atoms with E-state index in [1.165, 1.54) is 0 Å². The Kier molecular flexibility index (Phi) is 4.24. The van der Waals surface area contributed by atoms with Crippen LogP contribution in [0.3, 0.4) is 0 Å². The van der Waals surface area contributed by atoms with E-state index in [9.17, 15) is 27.9 Å². The lowest BCUT2D eigenvalue weighted by Gasteiger charge is -2.43. The molecule has 0 aromatic carbocycles. The van der Waals surface area contributed by atoms with Crippen molar-refractivity contribution in [3.63, 3.8) is 0 Å². The maximum Gasteiger partial charge on any atom is 0.391 e. The molecule has 1 saturated carbocycles. The Hall–Kier alpha value is -1.27. The maximum absolute atomic E-state index is 12.7. The molecular formula is C11H16F3NO3. The quantitative estimate of drug-likeness (QED) is 0.793. The van der Waals surface area contributed by atoms with Crippen LogP contribution in [-0.2, 0) is 9.59 Å². The maximum atomic E-state index is 12.7. The highest BCUT2D eigenvalue weighted by Crippen LogP contribution is 2.44. The van der Waals surface area contributed by atoms with Crippen LogP contribution in [-0.4, -0.2) is 40.6 Å². The van der Waals surface area contributed by atoms with Crippen LogP contribution < -0.4 is 0 Å². The van der Waals surface area contributed by atoms with Gasteiger partial charge >= 0.3 is 12.1 Å². The summed E-state index contributed by atoms with van der Waals surface area (Å²) in [5.41, 5.74) is -1.71. The van der Waals surface area contributed by atoms with Crippen LogP contribution in [0.25, 0.3) is 0 Å². The molecule has 2 atom stereocenters. The van der Waals surface area contributed by atoms with Gasteiger partial charge in [0, 0.05) is 6.54 Å². The van der Waals surface area contributed by atoms with Gasteiger partial charge in [-0.3, -0.25) is 4.79 Å². The number of carbonyl (C=O) groups excluding carboxylic acids is 1. The minimum Gasteiger partial charge on any atom is -0.479 e. The Morgan fingerprint density at radius 1 is 1.56 bits per heavy atom. The van der Waals surface area contributed by atoms with Crippen molar-refractivity contribution in [3.8, 4) is 0 Å². The molecule has 0 aromatic heterocycles. The van der Waals surface area contributed by atoms with Crippen LogP contribution in [0.2, 0.25) is 0 Å². The van der Waals surface area contributed by atoms with Crippen molar-refractivity contribution in [1.29, 1.82) is 0 Å². The molecular weight excluding hydrogens is 251 g/mol. The Morgan fingerprint density at radius 2 is 2.17 bits per heavy atom. The van der Waals surface area contributed by atoms with Gasteiger partial charge in [-0.15, -0.1) is 0 Å². The highest BCUT2D eigenvalue weighted by Gasteiger charge is 2.53. The normalized spacial score (nSPS) is 28.8. The fourth-order valence-corrected chi connectivity index (χ4v) is 2.59. The van der Waals surface area contributed by atoms with Crippen molar-refractivity contribution in [2.45, 2.75) is 44.3 Å². The van der Waals surface area contributed by atoms with Crippen molar-refractivity contribution >= 4 is 12.4 Å². The number of rotatable bonds is 4. The first-order valence-electron chi connectivity index (χ1n) is 5.80. The number of nitrogens with zero attached hydrogens (tertiary/aromatic N) is 1. The van der Waals surface area contributed by atoms with Gasteiger partial charge in [-0.05, 0) is 32.6 Å². The highest BCUT2D eigenvalue weighted by atomic mass is 19.4. The number of carboxylic acid groups (broad SMARTS) is 1. The van der Waals surface area contributed by atoms with Crippen LogP contribution in [0.1, 0.15) is 32.6 Å². The summed E-state index contributed by atoms with van der Waals surface area (Å²) < 4.78 is 38.2. The molecule has 0 aromatic rings. The Morgan fingerprint density at radius 3 is 2.56 bits per heavy atom. The first kappa shape index (κ1) is 14.8. The third-order valence-corrected chi connectivity index (χ3v) is 3.61. The molecule has 1 rings (SSSR count). The average Bonchev–Trinajstić information content (AvgIpc) is 2.29. The number of hydrogen-bond acceptors (Lipinski definition) is 2. The number of aliphatic carboxylic acids is 1. The number of likely N-dealkylation sites (N-methyl/N-ethyl adjacent to an activating group) is 1. The van der Waals surface area contributed by atoms with Gasteiger partial charge in [0.05, 0.1) is 5.92 Å². The standard InChI is InChI=1S/C11H16F3NO3/c1-2-15(7-16)10(9(17)18)5-3-4-8(6-10)11(12,13)14/h7-8H,2-6H2,1H3,(H,17,18). The van der Waals surface area contributed by atoms with Gasteiger partial charge in [-0.1, -0.05) is 0 Å². The minimum atomic E-state index is -4.41. The summed E-state index contributed by atoms with van der Waals surface area (Å²) in [6.07, 6.45) is -4.49. The van der Waals surface area contributed by atoms with E-state index in [4.69, 9.17) is 0 Å². The summed E-state index contributed by atoms with van der Waals surface area (Å²) in [5, 5.41) is 9.24. The fourth-order valence-electron chi connectivity index (χ4n) is 2.59. The first-order chi connectivity index (χ1) is 8.28. The van der Waals surface area contributed by atoms with Crippen LogP contribution in [0.15, 0.2) is 0 Å². The van der Waals surface area contributed by atoms with Gasteiger partial charge in [0.25, 0.3) is 0 Å². The van der Waals surface area contributed by atoms with Crippen LogP contribution in [0.4, 0.5) is 13.2 Å². The summed E-state index contributed by atoms with van der Waals surface area (Å²) in [4.78, 5) is 23.2. The predicted molar refractivity (Wildman–Crippen MR) is 56.8 cm³/mol. The van der Waals surface area contributed by atoms with Gasteiger partial charge in [0.15, 0.2) is 0 Å². The summed E-state index contributed by atoms with van der Waals surface area (Å²) in [5.74, 6) is -3.01. The molecule has 104 valence electrons. The van der Waals surface area contributed by atoms with Crippen molar-refractivity contribution < 1.29 is 27.9 Å². The monoisotopic (exact) mass is 267 g/mol. The van der Waals surface area contributed by atoms with Crippen molar-refractivity contribution in [1.82, 2.24) is 4.90 Å². The average molecular weight is 267 g/mol. The van der Waals surface area contributed by atoms with E-state index in [2.05, 4.69) is 0 Å².